The van der Waals surface area contributed by atoms with Crippen molar-refractivity contribution in [1.82, 2.24) is 10.2 Å². The molecule has 0 spiro atoms. The molecule has 2 amide bonds. The maximum absolute atomic E-state index is 12.7. The van der Waals surface area contributed by atoms with Gasteiger partial charge in [0.2, 0.25) is 5.13 Å². The molecule has 1 heterocycles. The van der Waals surface area contributed by atoms with Crippen LogP contribution in [0.3, 0.4) is 0 Å². The minimum Gasteiger partial charge on any atom is -0.322 e. The summed E-state index contributed by atoms with van der Waals surface area (Å²) in [5.74, 6) is -0.235. The molecule has 1 unspecified atom stereocenters. The molecule has 32 heavy (non-hydrogen) atoms. The lowest BCUT2D eigenvalue weighted by molar-refractivity contribution is 0.101. The Balaban J connectivity index is 1.38. The number of carbonyl (C=O) groups is 2. The first kappa shape index (κ1) is 21.4. The van der Waals surface area contributed by atoms with Crippen LogP contribution in [-0.2, 0) is 6.42 Å². The van der Waals surface area contributed by atoms with Gasteiger partial charge in [0, 0.05) is 23.2 Å². The average Bonchev–Trinajstić information content (AvgIpc) is 3.27. The number of hydrogen-bond donors (Lipinski definition) is 2. The van der Waals surface area contributed by atoms with Crippen LogP contribution in [0.15, 0.2) is 84.9 Å². The van der Waals surface area contributed by atoms with Gasteiger partial charge in [-0.05, 0) is 41.8 Å². The highest BCUT2D eigenvalue weighted by Crippen LogP contribution is 2.24. The summed E-state index contributed by atoms with van der Waals surface area (Å²) < 4.78 is 0. The first-order valence-electron chi connectivity index (χ1n) is 10.2. The Kier molecular flexibility index (Phi) is 6.67. The van der Waals surface area contributed by atoms with Gasteiger partial charge in [-0.2, -0.15) is 0 Å². The second-order valence-corrected chi connectivity index (χ2v) is 8.43. The summed E-state index contributed by atoms with van der Waals surface area (Å²) in [6.45, 7) is 2.14. The van der Waals surface area contributed by atoms with Crippen LogP contribution in [0.4, 0.5) is 10.8 Å². The van der Waals surface area contributed by atoms with E-state index in [1.165, 1.54) is 16.9 Å². The first-order chi connectivity index (χ1) is 15.6. The molecule has 0 saturated carbocycles. The number of nitrogens with one attached hydrogen (secondary N) is 2. The van der Waals surface area contributed by atoms with Crippen molar-refractivity contribution in [2.24, 2.45) is 0 Å². The maximum atomic E-state index is 12.7. The van der Waals surface area contributed by atoms with Crippen LogP contribution in [0.1, 0.15) is 44.1 Å². The highest BCUT2D eigenvalue weighted by Gasteiger charge is 2.14. The fourth-order valence-electron chi connectivity index (χ4n) is 3.25. The van der Waals surface area contributed by atoms with E-state index in [4.69, 9.17) is 0 Å². The molecule has 0 saturated heterocycles. The van der Waals surface area contributed by atoms with E-state index >= 15 is 0 Å². The zero-order valence-corrected chi connectivity index (χ0v) is 18.3. The van der Waals surface area contributed by atoms with Crippen molar-refractivity contribution in [3.05, 3.63) is 107 Å². The lowest BCUT2D eigenvalue weighted by atomic mass is 9.98. The Morgan fingerprint density at radius 1 is 0.812 bits per heavy atom. The average molecular weight is 443 g/mol. The van der Waals surface area contributed by atoms with E-state index in [-0.39, 0.29) is 11.8 Å². The van der Waals surface area contributed by atoms with Crippen LogP contribution in [0.2, 0.25) is 0 Å². The standard InChI is InChI=1S/C25H22N4O2S/c1-17(18-9-4-2-5-10-18)15-22-28-29-25(32-22)27-24(31)20-13-8-14-21(16-20)26-23(30)19-11-6-3-7-12-19/h2-14,16-17H,15H2,1H3,(H,26,30)(H,27,29,31). The minimum absolute atomic E-state index is 0.232. The fraction of sp³-hybridized carbons (Fsp3) is 0.120. The predicted octanol–water partition coefficient (Wildman–Crippen LogP) is 5.39. The molecule has 1 aromatic heterocycles. The molecule has 6 nitrogen and oxygen atoms in total. The molecule has 0 aliphatic rings. The molecule has 1 atom stereocenters. The Morgan fingerprint density at radius 3 is 2.22 bits per heavy atom. The lowest BCUT2D eigenvalue weighted by Crippen LogP contribution is -2.14. The van der Waals surface area contributed by atoms with Gasteiger partial charge in [-0.3, -0.25) is 14.9 Å². The van der Waals surface area contributed by atoms with Gasteiger partial charge in [0.05, 0.1) is 0 Å². The summed E-state index contributed by atoms with van der Waals surface area (Å²) >= 11 is 1.37. The lowest BCUT2D eigenvalue weighted by Gasteiger charge is -2.08. The van der Waals surface area contributed by atoms with Crippen molar-refractivity contribution in [3.63, 3.8) is 0 Å². The third-order valence-corrected chi connectivity index (χ3v) is 5.82. The van der Waals surface area contributed by atoms with E-state index in [9.17, 15) is 9.59 Å². The summed E-state index contributed by atoms with van der Waals surface area (Å²) in [5, 5.41) is 15.2. The molecule has 0 bridgehead atoms. The minimum atomic E-state index is -0.306. The molecular weight excluding hydrogens is 420 g/mol. The van der Waals surface area contributed by atoms with E-state index in [1.54, 1.807) is 48.5 Å². The predicted molar refractivity (Wildman–Crippen MR) is 127 cm³/mol. The number of amides is 2. The highest BCUT2D eigenvalue weighted by molar-refractivity contribution is 7.15. The van der Waals surface area contributed by atoms with Crippen molar-refractivity contribution in [3.8, 4) is 0 Å². The van der Waals surface area contributed by atoms with Crippen LogP contribution >= 0.6 is 11.3 Å². The smallest absolute Gasteiger partial charge is 0.257 e. The van der Waals surface area contributed by atoms with Gasteiger partial charge < -0.3 is 5.32 Å². The maximum Gasteiger partial charge on any atom is 0.257 e. The Hall–Kier alpha value is -3.84. The van der Waals surface area contributed by atoms with Gasteiger partial charge in [0.25, 0.3) is 11.8 Å². The number of anilines is 2. The monoisotopic (exact) mass is 442 g/mol. The van der Waals surface area contributed by atoms with Crippen LogP contribution < -0.4 is 10.6 Å². The van der Waals surface area contributed by atoms with E-state index in [1.807, 2.05) is 24.3 Å². The van der Waals surface area contributed by atoms with Crippen molar-refractivity contribution in [1.29, 1.82) is 0 Å². The summed E-state index contributed by atoms with van der Waals surface area (Å²) in [6.07, 6.45) is 0.749. The fourth-order valence-corrected chi connectivity index (χ4v) is 4.11. The zero-order valence-electron chi connectivity index (χ0n) is 17.5. The van der Waals surface area contributed by atoms with Crippen LogP contribution in [0, 0.1) is 0 Å². The highest BCUT2D eigenvalue weighted by atomic mass is 32.1. The number of rotatable bonds is 7. The topological polar surface area (TPSA) is 84.0 Å². The second kappa shape index (κ2) is 9.98. The molecule has 3 aromatic carbocycles. The normalized spacial score (nSPS) is 11.5. The van der Waals surface area contributed by atoms with Gasteiger partial charge in [0.1, 0.15) is 5.01 Å². The van der Waals surface area contributed by atoms with Crippen LogP contribution in [0.25, 0.3) is 0 Å². The summed E-state index contributed by atoms with van der Waals surface area (Å²) in [6, 6.07) is 25.9. The summed E-state index contributed by atoms with van der Waals surface area (Å²) in [4.78, 5) is 25.0. The quantitative estimate of drug-likeness (QED) is 0.402. The molecule has 0 fully saturated rings. The Bertz CT molecular complexity index is 1210. The third kappa shape index (κ3) is 5.44. The second-order valence-electron chi connectivity index (χ2n) is 7.37. The number of nitrogens with zero attached hydrogens (tertiary/aromatic N) is 2. The van der Waals surface area contributed by atoms with Gasteiger partial charge >= 0.3 is 0 Å². The summed E-state index contributed by atoms with van der Waals surface area (Å²) in [7, 11) is 0. The molecular formula is C25H22N4O2S. The molecule has 0 aliphatic heterocycles. The van der Waals surface area contributed by atoms with Gasteiger partial charge in [0.15, 0.2) is 0 Å². The van der Waals surface area contributed by atoms with E-state index < -0.39 is 0 Å². The molecule has 160 valence electrons. The number of hydrogen-bond acceptors (Lipinski definition) is 5. The third-order valence-electron chi connectivity index (χ3n) is 4.96. The van der Waals surface area contributed by atoms with Crippen molar-refractivity contribution in [2.75, 3.05) is 10.6 Å². The van der Waals surface area contributed by atoms with Gasteiger partial charge in [-0.15, -0.1) is 10.2 Å². The van der Waals surface area contributed by atoms with Crippen LogP contribution in [-0.4, -0.2) is 22.0 Å². The first-order valence-corrected chi connectivity index (χ1v) is 11.1. The Labute approximate surface area is 190 Å². The number of benzene rings is 3. The van der Waals surface area contributed by atoms with Gasteiger partial charge in [-0.1, -0.05) is 72.9 Å². The largest absolute Gasteiger partial charge is 0.322 e. The van der Waals surface area contributed by atoms with Crippen molar-refractivity contribution >= 4 is 34.0 Å². The van der Waals surface area contributed by atoms with Crippen molar-refractivity contribution in [2.45, 2.75) is 19.3 Å². The van der Waals surface area contributed by atoms with E-state index in [2.05, 4.69) is 39.9 Å². The SMILES string of the molecule is CC(Cc1nnc(NC(=O)c2cccc(NC(=O)c3ccccc3)c2)s1)c1ccccc1. The van der Waals surface area contributed by atoms with E-state index in [0.717, 1.165) is 11.4 Å². The molecule has 4 aromatic rings. The molecule has 2 N–H and O–H groups in total. The molecule has 0 radical (unpaired) electrons. The number of carbonyl (C=O) groups excluding carboxylic acids is 2. The van der Waals surface area contributed by atoms with Crippen molar-refractivity contribution < 1.29 is 9.59 Å². The molecule has 4 rings (SSSR count). The zero-order chi connectivity index (χ0) is 22.3. The number of aromatic nitrogens is 2. The summed E-state index contributed by atoms with van der Waals surface area (Å²) in [5.41, 5.74) is 2.75. The van der Waals surface area contributed by atoms with Crippen LogP contribution in [0.5, 0.6) is 0 Å². The molecule has 7 heteroatoms. The van der Waals surface area contributed by atoms with E-state index in [0.29, 0.717) is 27.9 Å². The van der Waals surface area contributed by atoms with Gasteiger partial charge in [-0.25, -0.2) is 0 Å². The molecule has 0 aliphatic carbocycles. The Morgan fingerprint density at radius 2 is 1.47 bits per heavy atom.